The van der Waals surface area contributed by atoms with Crippen molar-refractivity contribution < 1.29 is 80.2 Å². The van der Waals surface area contributed by atoms with Crippen molar-refractivity contribution in [1.29, 1.82) is 0 Å². The molecule has 0 amide bonds. The molecule has 98 heavy (non-hydrogen) atoms. The molecule has 19 heteroatoms. The number of carbonyl (C=O) groups excluding carboxylic acids is 4. The molecule has 0 aromatic heterocycles. The summed E-state index contributed by atoms with van der Waals surface area (Å²) in [4.78, 5) is 73.0. The number of hydrogen-bond donors (Lipinski definition) is 3. The van der Waals surface area contributed by atoms with Crippen molar-refractivity contribution in [3.05, 3.63) is 0 Å². The fourth-order valence-corrected chi connectivity index (χ4v) is 13.6. The van der Waals surface area contributed by atoms with Gasteiger partial charge in [-0.3, -0.25) is 37.3 Å². The first-order chi connectivity index (χ1) is 47.2. The molecule has 0 aromatic carbocycles. The molecule has 0 aliphatic carbocycles. The SMILES string of the molecule is CCC(C)CCCCCCCCCCCCCCCCC(=O)O[C@H](COC(=O)CCCCCCCCCCCCCCCC(C)C)COP(=O)(O)OC[C@@H](O)COP(=O)(O)OC[C@@H](COC(=O)CCCCCCCCC(C)CC)OC(=O)CCCCCCCCCCCCCC(C)C. The fraction of sp³-hybridized carbons (Fsp3) is 0.949. The quantitative estimate of drug-likeness (QED) is 0.0222. The molecule has 582 valence electrons. The molecule has 0 aliphatic heterocycles. The van der Waals surface area contributed by atoms with Gasteiger partial charge in [0.25, 0.3) is 0 Å². The topological polar surface area (TPSA) is 237 Å². The Labute approximate surface area is 600 Å². The molecule has 0 fully saturated rings. The van der Waals surface area contributed by atoms with E-state index in [0.29, 0.717) is 25.7 Å². The van der Waals surface area contributed by atoms with Crippen molar-refractivity contribution in [2.45, 2.75) is 420 Å². The van der Waals surface area contributed by atoms with Crippen molar-refractivity contribution in [3.8, 4) is 0 Å². The second kappa shape index (κ2) is 68.2. The molecule has 7 atom stereocenters. The number of ether oxygens (including phenoxy) is 4. The molecule has 4 unspecified atom stereocenters. The average molecular weight is 1440 g/mol. The van der Waals surface area contributed by atoms with Crippen LogP contribution in [0.2, 0.25) is 0 Å². The van der Waals surface area contributed by atoms with Gasteiger partial charge in [-0.2, -0.15) is 0 Å². The van der Waals surface area contributed by atoms with Crippen LogP contribution < -0.4 is 0 Å². The molecule has 0 aliphatic rings. The zero-order chi connectivity index (χ0) is 72.4. The number of aliphatic hydroxyl groups excluding tert-OH is 1. The van der Waals surface area contributed by atoms with Crippen molar-refractivity contribution >= 4 is 39.5 Å². The third kappa shape index (κ3) is 69.8. The predicted molar refractivity (Wildman–Crippen MR) is 400 cm³/mol. The maximum absolute atomic E-state index is 13.1. The minimum atomic E-state index is -4.96. The van der Waals surface area contributed by atoms with Gasteiger partial charge < -0.3 is 33.8 Å². The molecule has 0 rings (SSSR count). The second-order valence-corrected chi connectivity index (χ2v) is 32.8. The van der Waals surface area contributed by atoms with Crippen molar-refractivity contribution in [1.82, 2.24) is 0 Å². The van der Waals surface area contributed by atoms with Crippen molar-refractivity contribution in [2.75, 3.05) is 39.6 Å². The molecule has 0 radical (unpaired) electrons. The van der Waals surface area contributed by atoms with E-state index in [9.17, 15) is 43.2 Å². The van der Waals surface area contributed by atoms with Crippen LogP contribution >= 0.6 is 15.6 Å². The number of esters is 4. The normalized spacial score (nSPS) is 14.6. The first kappa shape index (κ1) is 96.1. The lowest BCUT2D eigenvalue weighted by Gasteiger charge is -2.21. The van der Waals surface area contributed by atoms with Gasteiger partial charge in [0.05, 0.1) is 26.4 Å². The number of carbonyl (C=O) groups is 4. The van der Waals surface area contributed by atoms with Gasteiger partial charge in [-0.25, -0.2) is 9.13 Å². The van der Waals surface area contributed by atoms with E-state index in [0.717, 1.165) is 120 Å². The molecule has 0 heterocycles. The Balaban J connectivity index is 5.26. The number of phosphoric ester groups is 2. The minimum absolute atomic E-state index is 0.105. The van der Waals surface area contributed by atoms with E-state index in [-0.39, 0.29) is 25.7 Å². The maximum atomic E-state index is 13.1. The molecule has 3 N–H and O–H groups in total. The molecule has 0 spiro atoms. The van der Waals surface area contributed by atoms with Crippen LogP contribution in [0.3, 0.4) is 0 Å². The summed E-state index contributed by atoms with van der Waals surface area (Å²) in [6.07, 6.45) is 54.0. The highest BCUT2D eigenvalue weighted by Gasteiger charge is 2.30. The van der Waals surface area contributed by atoms with Gasteiger partial charge >= 0.3 is 39.5 Å². The lowest BCUT2D eigenvalue weighted by atomic mass is 9.99. The highest BCUT2D eigenvalue weighted by atomic mass is 31.2. The van der Waals surface area contributed by atoms with Gasteiger partial charge in [0.15, 0.2) is 12.2 Å². The number of unbranched alkanes of at least 4 members (excludes halogenated alkanes) is 40. The largest absolute Gasteiger partial charge is 0.472 e. The second-order valence-electron chi connectivity index (χ2n) is 29.9. The summed E-state index contributed by atoms with van der Waals surface area (Å²) in [5.41, 5.74) is 0. The monoisotopic (exact) mass is 1440 g/mol. The maximum Gasteiger partial charge on any atom is 0.472 e. The summed E-state index contributed by atoms with van der Waals surface area (Å²) in [6, 6.07) is 0. The number of hydrogen-bond acceptors (Lipinski definition) is 15. The van der Waals surface area contributed by atoms with Gasteiger partial charge in [-0.05, 0) is 49.4 Å². The number of phosphoric acid groups is 2. The van der Waals surface area contributed by atoms with Gasteiger partial charge in [-0.1, -0.05) is 351 Å². The lowest BCUT2D eigenvalue weighted by Crippen LogP contribution is -2.30. The number of aliphatic hydroxyl groups is 1. The molecule has 0 bridgehead atoms. The van der Waals surface area contributed by atoms with E-state index >= 15 is 0 Å². The Morgan fingerprint density at radius 3 is 0.724 bits per heavy atom. The zero-order valence-electron chi connectivity index (χ0n) is 64.4. The fourth-order valence-electron chi connectivity index (χ4n) is 12.0. The van der Waals surface area contributed by atoms with E-state index in [2.05, 4.69) is 55.4 Å². The van der Waals surface area contributed by atoms with Crippen LogP contribution in [0.5, 0.6) is 0 Å². The van der Waals surface area contributed by atoms with Crippen LogP contribution in [0.4, 0.5) is 0 Å². The zero-order valence-corrected chi connectivity index (χ0v) is 66.2. The van der Waals surface area contributed by atoms with Crippen molar-refractivity contribution in [2.24, 2.45) is 23.7 Å². The van der Waals surface area contributed by atoms with E-state index in [1.54, 1.807) is 0 Å². The summed E-state index contributed by atoms with van der Waals surface area (Å²) in [7, 11) is -9.92. The van der Waals surface area contributed by atoms with Crippen molar-refractivity contribution in [3.63, 3.8) is 0 Å². The van der Waals surface area contributed by atoms with E-state index in [1.165, 1.54) is 199 Å². The molecule has 0 saturated heterocycles. The third-order valence-electron chi connectivity index (χ3n) is 19.0. The van der Waals surface area contributed by atoms with Gasteiger partial charge in [0, 0.05) is 25.7 Å². The lowest BCUT2D eigenvalue weighted by molar-refractivity contribution is -0.161. The van der Waals surface area contributed by atoms with E-state index in [1.807, 2.05) is 0 Å². The van der Waals surface area contributed by atoms with Crippen LogP contribution in [-0.4, -0.2) is 96.7 Å². The molecule has 0 aromatic rings. The Kier molecular flexibility index (Phi) is 66.8. The Hall–Kier alpha value is -1.94. The smallest absolute Gasteiger partial charge is 0.462 e. The van der Waals surface area contributed by atoms with Crippen LogP contribution in [0.1, 0.15) is 402 Å². The van der Waals surface area contributed by atoms with Gasteiger partial charge in [-0.15, -0.1) is 0 Å². The third-order valence-corrected chi connectivity index (χ3v) is 20.9. The number of rotatable bonds is 76. The van der Waals surface area contributed by atoms with Crippen LogP contribution in [0.25, 0.3) is 0 Å². The standard InChI is InChI=1S/C79H154O17P2/c1-9-71(7)57-49-41-33-27-21-15-11-12-16-23-29-35-45-53-61-78(83)95-74(65-89-76(81)59-51-43-34-28-22-17-13-14-19-25-31-39-47-55-69(3)4)67-93-97(85,86)91-63-73(80)64-92-98(87,88)94-68-75(66-90-77(82)60-52-44-38-37-42-50-58-72(8)10-2)96-79(84)62-54-46-36-30-24-18-20-26-32-40-48-56-70(5)6/h69-75,80H,9-68H2,1-8H3,(H,85,86)(H,87,88)/t71?,72?,73-,74-,75-/m1/s1. The first-order valence-corrected chi connectivity index (χ1v) is 43.8. The van der Waals surface area contributed by atoms with Crippen LogP contribution in [0.15, 0.2) is 0 Å². The van der Waals surface area contributed by atoms with E-state index in [4.69, 9.17) is 37.0 Å². The molecule has 0 saturated carbocycles. The summed E-state index contributed by atoms with van der Waals surface area (Å²) >= 11 is 0. The summed E-state index contributed by atoms with van der Waals surface area (Å²) in [5.74, 6) is 1.02. The Morgan fingerprint density at radius 1 is 0.286 bits per heavy atom. The minimum Gasteiger partial charge on any atom is -0.462 e. The summed E-state index contributed by atoms with van der Waals surface area (Å²) < 4.78 is 68.7. The molecule has 17 nitrogen and oxygen atoms in total. The highest BCUT2D eigenvalue weighted by Crippen LogP contribution is 2.45. The van der Waals surface area contributed by atoms with Gasteiger partial charge in [0.1, 0.15) is 19.3 Å². The van der Waals surface area contributed by atoms with Gasteiger partial charge in [0.2, 0.25) is 0 Å². The average Bonchev–Trinajstić information content (AvgIpc) is 0.941. The van der Waals surface area contributed by atoms with Crippen LogP contribution in [0, 0.1) is 23.7 Å². The summed E-state index contributed by atoms with van der Waals surface area (Å²) in [5, 5.41) is 10.6. The molecular weight excluding hydrogens is 1280 g/mol. The predicted octanol–water partition coefficient (Wildman–Crippen LogP) is 23.2. The van der Waals surface area contributed by atoms with E-state index < -0.39 is 97.5 Å². The summed E-state index contributed by atoms with van der Waals surface area (Å²) in [6.45, 7) is 14.3. The molecular formula is C79H154O17P2. The Morgan fingerprint density at radius 2 is 0.490 bits per heavy atom. The Bertz CT molecular complexity index is 1920. The van der Waals surface area contributed by atoms with Crippen LogP contribution in [-0.2, 0) is 65.4 Å². The highest BCUT2D eigenvalue weighted by molar-refractivity contribution is 7.47. The first-order valence-electron chi connectivity index (χ1n) is 40.8.